The van der Waals surface area contributed by atoms with Gasteiger partial charge in [0.1, 0.15) is 23.2 Å². The number of benzene rings is 6. The van der Waals surface area contributed by atoms with Crippen LogP contribution in [0.15, 0.2) is 207 Å². The summed E-state index contributed by atoms with van der Waals surface area (Å²) in [5.41, 5.74) is 9.77. The van der Waals surface area contributed by atoms with Gasteiger partial charge in [0.05, 0.1) is 67.2 Å². The van der Waals surface area contributed by atoms with Crippen molar-refractivity contribution in [1.29, 1.82) is 0 Å². The summed E-state index contributed by atoms with van der Waals surface area (Å²) in [7, 11) is -2.06. The minimum absolute atomic E-state index is 0.00195. The Morgan fingerprint density at radius 3 is 1.43 bits per heavy atom. The van der Waals surface area contributed by atoms with Gasteiger partial charge in [-0.3, -0.25) is 19.4 Å². The fourth-order valence-electron chi connectivity index (χ4n) is 15.5. The van der Waals surface area contributed by atoms with Crippen molar-refractivity contribution < 1.29 is 48.0 Å². The average Bonchev–Trinajstić information content (AvgIpc) is 1.59. The van der Waals surface area contributed by atoms with Crippen molar-refractivity contribution in [3.05, 3.63) is 257 Å². The maximum Gasteiger partial charge on any atom is 0.00686 e. The van der Waals surface area contributed by atoms with E-state index in [-0.39, 0.29) is 106 Å². The smallest absolute Gasteiger partial charge is 0.00686 e. The fourth-order valence-corrected chi connectivity index (χ4v) is 26.0. The Kier molecular flexibility index (Phi) is 29.2. The number of aromatic carboxylic acids is 1. The number of allylic oxidation sites excluding steroid dienone is 2. The maximum absolute atomic E-state index is 14.5. The number of hydrogen-bond acceptors (Lipinski definition) is 11. The number of amides is 4. The fraction of sp³-hybridized carbons (Fsp3) is 0.322. The zero-order valence-electron chi connectivity index (χ0n) is 64.3. The van der Waals surface area contributed by atoms with Crippen LogP contribution in [0.1, 0.15) is 133 Å². The Morgan fingerprint density at radius 1 is 0.541 bits per heavy atom. The summed E-state index contributed by atoms with van der Waals surface area (Å²) in [6.07, 6.45) is 6.06. The molecule has 18 nitrogen and oxygen atoms in total. The predicted octanol–water partition coefficient (Wildman–Crippen LogP) is 13.6. The number of fused-ring (bicyclic) bond motifs is 8. The van der Waals surface area contributed by atoms with Crippen molar-refractivity contribution in [3.63, 3.8) is 0 Å². The number of carbonyl (C=O) groups is 5. The number of aromatic amines is 2. The first-order valence-corrected chi connectivity index (χ1v) is 43.9. The third-order valence-electron chi connectivity index (χ3n) is 21.3. The number of aromatic nitrogens is 4. The van der Waals surface area contributed by atoms with E-state index in [1.54, 1.807) is 6.92 Å². The van der Waals surface area contributed by atoms with Gasteiger partial charge < -0.3 is 40.5 Å². The largest absolute Gasteiger partial charge is 0.0562 e. The van der Waals surface area contributed by atoms with Crippen LogP contribution in [0.4, 0.5) is 0 Å². The molecule has 0 saturated heterocycles. The summed E-state index contributed by atoms with van der Waals surface area (Å²) in [5.74, 6) is -6.12. The first-order chi connectivity index (χ1) is 54.0. The van der Waals surface area contributed by atoms with Crippen LogP contribution in [0.25, 0.3) is 39.3 Å². The van der Waals surface area contributed by atoms with Gasteiger partial charge in [-0.05, 0) is 117 Å². The van der Waals surface area contributed by atoms with Gasteiger partial charge in [0.15, 0.2) is 0 Å². The summed E-state index contributed by atoms with van der Waals surface area (Å²) in [6, 6.07) is 68.6. The molecule has 11 rings (SSSR count). The molecule has 2 atom stereocenters. The van der Waals surface area contributed by atoms with Crippen LogP contribution < -0.4 is 53.1 Å². The zero-order chi connectivity index (χ0) is 78.2. The van der Waals surface area contributed by atoms with Gasteiger partial charge in [-0.15, -0.1) is 0 Å². The minimum atomic E-state index is -3.49. The molecule has 0 fully saturated rings. The molecule has 2 unspecified atom stereocenters. The number of rotatable bonds is 40. The number of nitrogens with zero attached hydrogens (tertiary/aromatic N) is 2. The first kappa shape index (κ1) is 82.2. The molecule has 0 radical (unpaired) electrons. The van der Waals surface area contributed by atoms with Crippen molar-refractivity contribution in [2.45, 2.75) is 97.8 Å². The van der Waals surface area contributed by atoms with E-state index in [0.29, 0.717) is 105 Å². The topological polar surface area (TPSA) is 248 Å². The summed E-state index contributed by atoms with van der Waals surface area (Å²) in [5, 5.41) is 30.2. The Labute approximate surface area is 657 Å². The monoisotopic (exact) mass is 1550 g/mol. The van der Waals surface area contributed by atoms with Crippen molar-refractivity contribution in [2.24, 2.45) is 0 Å². The van der Waals surface area contributed by atoms with Crippen LogP contribution in [0.2, 0.25) is 0 Å². The van der Waals surface area contributed by atoms with E-state index >= 15 is 0 Å². The minimum Gasteiger partial charge on any atom is -0.0562 e. The molecule has 3 aromatic heterocycles. The molecule has 9 aromatic rings. The van der Waals surface area contributed by atoms with Crippen LogP contribution in [0.5, 0.6) is 0 Å². The maximum atomic E-state index is 14.5. The van der Waals surface area contributed by atoms with E-state index in [2.05, 4.69) is 154 Å². The third-order valence-corrected chi connectivity index (χ3v) is 33.4. The molecule has 0 saturated carbocycles. The van der Waals surface area contributed by atoms with E-state index in [4.69, 9.17) is 40.2 Å². The second kappa shape index (κ2) is 39.4. The molecule has 7 N–H and O–H groups in total. The summed E-state index contributed by atoms with van der Waals surface area (Å²) in [6.45, 7) is 17.2. The van der Waals surface area contributed by atoms with Crippen LogP contribution in [0, 0.1) is 13.8 Å². The van der Waals surface area contributed by atoms with Gasteiger partial charge in [0, 0.05) is 77.7 Å². The van der Waals surface area contributed by atoms with Crippen LogP contribution >= 0.6 is 24.5 Å². The summed E-state index contributed by atoms with van der Waals surface area (Å²) < 4.78 is 23.4. The summed E-state index contributed by atoms with van der Waals surface area (Å²) in [4.78, 5) is 86.2. The Hall–Kier alpha value is -9.74. The van der Waals surface area contributed by atoms with E-state index in [0.717, 1.165) is 61.1 Å². The number of carboxylic acid groups (broad SMARTS) is 1. The van der Waals surface area contributed by atoms with Crippen LogP contribution in [-0.4, -0.2) is 146 Å². The molecule has 4 amide bonds. The van der Waals surface area contributed by atoms with E-state index in [9.17, 15) is 29.1 Å². The van der Waals surface area contributed by atoms with E-state index in [1.807, 2.05) is 118 Å². The number of hydrogen-bond donors (Lipinski definition) is 7. The molecular formula is C90H104ClN8O10P2+. The van der Waals surface area contributed by atoms with E-state index in [1.165, 1.54) is 15.9 Å². The molecule has 0 spiro atoms. The quantitative estimate of drug-likeness (QED) is 0.0140. The molecule has 6 aromatic carbocycles. The van der Waals surface area contributed by atoms with Crippen molar-refractivity contribution in [1.82, 2.24) is 41.2 Å². The Bertz CT molecular complexity index is 4700. The van der Waals surface area contributed by atoms with Crippen molar-refractivity contribution in [3.8, 4) is 0 Å². The number of nitrogens with one attached hydrogen (secondary N) is 6. The van der Waals surface area contributed by atoms with Gasteiger partial charge in [0.25, 0.3) is 0 Å². The number of ether oxygens (including phenoxy) is 4. The molecule has 21 heteroatoms. The average molecular weight is 1560 g/mol. The van der Waals surface area contributed by atoms with Gasteiger partial charge in [-0.1, -0.05) is 81.1 Å². The molecule has 0 aliphatic carbocycles. The SMILES string of the molecule is C=Cc1c(C)c2cc3nc(c(CC(=O)NCCOCCOCCNC(=O)CCC[P+](c4ccccc4)(c4ccccc4)c4ccccc4)c4[nH]c(cc5nc(cc1[nH]2)C(C)=C5CC)c(C)c4C(=O)O)C(CCC(=O)NCCOCCOCCNC(=O)CCCP(Cl)(c1ccccc1)(c1ccccc1)c1ccccc1)C3C. The van der Waals surface area contributed by atoms with Crippen LogP contribution in [-0.2, 0) is 44.5 Å². The third kappa shape index (κ3) is 19.6. The molecular weight excluding hydrogens is 1450 g/mol. The molecule has 111 heavy (non-hydrogen) atoms. The number of halogens is 1. The molecule has 5 heterocycles. The predicted molar refractivity (Wildman–Crippen MR) is 454 cm³/mol. The zero-order valence-corrected chi connectivity index (χ0v) is 66.9. The number of H-pyrrole nitrogens is 2. The Balaban J connectivity index is 0.689. The van der Waals surface area contributed by atoms with Crippen molar-refractivity contribution >= 4 is 125 Å². The van der Waals surface area contributed by atoms with Gasteiger partial charge >= 0.3 is 208 Å². The van der Waals surface area contributed by atoms with Crippen molar-refractivity contribution in [2.75, 3.05) is 91.4 Å². The van der Waals surface area contributed by atoms with Crippen LogP contribution in [0.3, 0.4) is 0 Å². The molecule has 8 bridgehead atoms. The Morgan fingerprint density at radius 2 is 0.973 bits per heavy atom. The summed E-state index contributed by atoms with van der Waals surface area (Å²) >= 11 is 8.21. The number of carboxylic acids is 1. The van der Waals surface area contributed by atoms with Gasteiger partial charge in [-0.2, -0.15) is 0 Å². The van der Waals surface area contributed by atoms with Gasteiger partial charge in [-0.25, -0.2) is 9.78 Å². The normalized spacial score (nSPS) is 13.9. The number of aryl methyl sites for hydroxylation is 2. The standard InChI is InChI=1S/C90H103ClN8O10P2/c1-7-73-63(3)77-60-79-65(5)75(43-44-85(102)94-47-51-108-54-53-107-50-46-93-84(101)42-28-58-111(91,70-35-21-12-22-36-70,71-37-23-13-24-38-71)72-39-25-14-26-40-72)88(98-79)76(89-87(90(104)105)66(6)80(99-89)62-82-74(8-2)64(4)78(97-82)61-81(73)96-77)59-86(103)95-48-52-109-56-55-106-49-45-92-83(100)41-27-57-110(67-29-15-9-16-30-67,68-31-17-10-18-32-68)69-33-19-11-20-34-69/h7,9-26,29-40,60-62,65,75H,1,8,27-28,41-59H2,2-6H3,(H6-,92,93,94,95,96,97,98,99,100,101,102,103,104,105)/p+1. The second-order valence-corrected chi connectivity index (χ2v) is 38.4. The number of carbonyl (C=O) groups excluding carboxylic acids is 4. The second-order valence-electron chi connectivity index (χ2n) is 28.2. The molecule has 580 valence electrons. The van der Waals surface area contributed by atoms with E-state index < -0.39 is 25.1 Å². The first-order valence-electron chi connectivity index (χ1n) is 38.6. The molecule has 2 aliphatic heterocycles. The molecule has 2 aliphatic rings. The van der Waals surface area contributed by atoms with Gasteiger partial charge in [0.2, 0.25) is 17.7 Å².